The van der Waals surface area contributed by atoms with E-state index in [0.29, 0.717) is 0 Å². The lowest BCUT2D eigenvalue weighted by Crippen LogP contribution is -2.67. The van der Waals surface area contributed by atoms with Gasteiger partial charge in [-0.2, -0.15) is 0 Å². The number of amides is 1. The van der Waals surface area contributed by atoms with E-state index in [1.165, 1.54) is 0 Å². The molecule has 0 aromatic carbocycles. The maximum atomic E-state index is 12.0. The highest BCUT2D eigenvalue weighted by Gasteiger charge is 2.54. The highest BCUT2D eigenvalue weighted by molar-refractivity contribution is 5.85. The van der Waals surface area contributed by atoms with Crippen LogP contribution >= 0.6 is 0 Å². The fourth-order valence-corrected chi connectivity index (χ4v) is 2.93. The molecule has 0 aliphatic heterocycles. The molecular formula is C14H28N2O2. The van der Waals surface area contributed by atoms with Crippen LogP contribution in [0.1, 0.15) is 53.9 Å². The van der Waals surface area contributed by atoms with Gasteiger partial charge in [0, 0.05) is 18.1 Å². The van der Waals surface area contributed by atoms with Crippen LogP contribution in [0, 0.1) is 5.41 Å². The fourth-order valence-electron chi connectivity index (χ4n) is 2.93. The molecule has 0 saturated heterocycles. The van der Waals surface area contributed by atoms with Gasteiger partial charge in [-0.15, -0.1) is 0 Å². The molecule has 0 radical (unpaired) electrons. The Kier molecular flexibility index (Phi) is 4.78. The van der Waals surface area contributed by atoms with Crippen molar-refractivity contribution in [1.29, 1.82) is 0 Å². The minimum absolute atomic E-state index is 0.0753. The first-order valence-corrected chi connectivity index (χ1v) is 7.03. The summed E-state index contributed by atoms with van der Waals surface area (Å²) < 4.78 is 5.79. The van der Waals surface area contributed by atoms with Crippen molar-refractivity contribution in [2.45, 2.75) is 71.6 Å². The first kappa shape index (κ1) is 15.4. The maximum absolute atomic E-state index is 12.0. The summed E-state index contributed by atoms with van der Waals surface area (Å²) in [6, 6.07) is 0.194. The molecule has 1 fully saturated rings. The van der Waals surface area contributed by atoms with E-state index in [1.54, 1.807) is 13.8 Å². The molecule has 2 atom stereocenters. The maximum Gasteiger partial charge on any atom is 0.239 e. The van der Waals surface area contributed by atoms with Crippen LogP contribution in [-0.2, 0) is 9.53 Å². The van der Waals surface area contributed by atoms with Crippen LogP contribution in [0.2, 0.25) is 0 Å². The van der Waals surface area contributed by atoms with Crippen molar-refractivity contribution in [3.8, 4) is 0 Å². The lowest BCUT2D eigenvalue weighted by Gasteiger charge is -2.55. The Hall–Kier alpha value is -0.610. The average Bonchev–Trinajstić information content (AvgIpc) is 2.28. The number of rotatable bonds is 6. The summed E-state index contributed by atoms with van der Waals surface area (Å²) in [6.45, 7) is 10.6. The van der Waals surface area contributed by atoms with Gasteiger partial charge in [0.2, 0.25) is 5.91 Å². The number of carbonyl (C=O) groups excluding carboxylic acids is 1. The molecule has 0 heterocycles. The van der Waals surface area contributed by atoms with Gasteiger partial charge in [0.25, 0.3) is 0 Å². The number of nitrogens with one attached hydrogen (secondary N) is 1. The molecule has 3 N–H and O–H groups in total. The van der Waals surface area contributed by atoms with Crippen molar-refractivity contribution in [3.63, 3.8) is 0 Å². The Morgan fingerprint density at radius 3 is 2.33 bits per heavy atom. The largest absolute Gasteiger partial charge is 0.378 e. The zero-order valence-corrected chi connectivity index (χ0v) is 12.4. The second-order valence-corrected chi connectivity index (χ2v) is 5.87. The molecule has 0 aromatic heterocycles. The molecule has 0 bridgehead atoms. The van der Waals surface area contributed by atoms with E-state index in [4.69, 9.17) is 10.5 Å². The van der Waals surface area contributed by atoms with Crippen molar-refractivity contribution in [3.05, 3.63) is 0 Å². The van der Waals surface area contributed by atoms with Gasteiger partial charge >= 0.3 is 0 Å². The van der Waals surface area contributed by atoms with Crippen molar-refractivity contribution in [1.82, 2.24) is 5.32 Å². The van der Waals surface area contributed by atoms with Gasteiger partial charge in [0.15, 0.2) is 0 Å². The number of carbonyl (C=O) groups is 1. The van der Waals surface area contributed by atoms with Gasteiger partial charge in [0.1, 0.15) is 0 Å². The third-order valence-electron chi connectivity index (χ3n) is 4.36. The van der Waals surface area contributed by atoms with Crippen molar-refractivity contribution in [2.75, 3.05) is 6.61 Å². The molecule has 4 nitrogen and oxygen atoms in total. The topological polar surface area (TPSA) is 64.3 Å². The average molecular weight is 256 g/mol. The van der Waals surface area contributed by atoms with Crippen molar-refractivity contribution < 1.29 is 9.53 Å². The smallest absolute Gasteiger partial charge is 0.239 e. The third-order valence-corrected chi connectivity index (χ3v) is 4.36. The van der Waals surface area contributed by atoms with Gasteiger partial charge in [-0.05, 0) is 40.0 Å². The molecule has 1 aliphatic rings. The number of hydrogen-bond acceptors (Lipinski definition) is 3. The van der Waals surface area contributed by atoms with E-state index in [2.05, 4.69) is 19.2 Å². The minimum atomic E-state index is -0.816. The zero-order chi connectivity index (χ0) is 14.0. The predicted octanol–water partition coefficient (Wildman–Crippen LogP) is 1.82. The lowest BCUT2D eigenvalue weighted by atomic mass is 9.58. The normalized spacial score (nSPS) is 26.6. The highest BCUT2D eigenvalue weighted by Crippen LogP contribution is 2.48. The second kappa shape index (κ2) is 5.57. The number of nitrogens with two attached hydrogens (primary N) is 1. The lowest BCUT2D eigenvalue weighted by molar-refractivity contribution is -0.150. The Morgan fingerprint density at radius 1 is 1.39 bits per heavy atom. The van der Waals surface area contributed by atoms with Gasteiger partial charge < -0.3 is 15.8 Å². The molecule has 1 rings (SSSR count). The summed E-state index contributed by atoms with van der Waals surface area (Å²) in [4.78, 5) is 12.0. The van der Waals surface area contributed by atoms with E-state index in [0.717, 1.165) is 25.9 Å². The third kappa shape index (κ3) is 2.69. The predicted molar refractivity (Wildman–Crippen MR) is 73.2 cm³/mol. The SMILES string of the molecule is CCOC1CC(NC(=O)C(C)(C)N)C1(CC)CC. The van der Waals surface area contributed by atoms with Gasteiger partial charge in [0.05, 0.1) is 11.6 Å². The zero-order valence-electron chi connectivity index (χ0n) is 12.4. The second-order valence-electron chi connectivity index (χ2n) is 5.87. The Balaban J connectivity index is 2.71. The molecule has 0 aromatic rings. The summed E-state index contributed by atoms with van der Waals surface area (Å²) in [7, 11) is 0. The van der Waals surface area contributed by atoms with Gasteiger partial charge in [-0.25, -0.2) is 0 Å². The van der Waals surface area contributed by atoms with Gasteiger partial charge in [-0.1, -0.05) is 13.8 Å². The van der Waals surface area contributed by atoms with Gasteiger partial charge in [-0.3, -0.25) is 4.79 Å². The molecular weight excluding hydrogens is 228 g/mol. The molecule has 1 saturated carbocycles. The molecule has 18 heavy (non-hydrogen) atoms. The van der Waals surface area contributed by atoms with Crippen LogP contribution in [0.3, 0.4) is 0 Å². The van der Waals surface area contributed by atoms with Crippen LogP contribution in [0.25, 0.3) is 0 Å². The summed E-state index contributed by atoms with van der Waals surface area (Å²) in [6.07, 6.45) is 3.20. The Bertz CT molecular complexity index is 293. The van der Waals surface area contributed by atoms with E-state index in [1.807, 2.05) is 6.92 Å². The molecule has 2 unspecified atom stereocenters. The first-order valence-electron chi connectivity index (χ1n) is 7.03. The van der Waals surface area contributed by atoms with Crippen LogP contribution in [-0.4, -0.2) is 30.2 Å². The summed E-state index contributed by atoms with van der Waals surface area (Å²) >= 11 is 0. The Morgan fingerprint density at radius 2 is 1.94 bits per heavy atom. The van der Waals surface area contributed by atoms with Crippen molar-refractivity contribution >= 4 is 5.91 Å². The summed E-state index contributed by atoms with van der Waals surface area (Å²) in [5.41, 5.74) is 5.09. The van der Waals surface area contributed by atoms with E-state index < -0.39 is 5.54 Å². The highest BCUT2D eigenvalue weighted by atomic mass is 16.5. The van der Waals surface area contributed by atoms with Crippen LogP contribution in [0.15, 0.2) is 0 Å². The molecule has 1 aliphatic carbocycles. The van der Waals surface area contributed by atoms with E-state index in [9.17, 15) is 4.79 Å². The van der Waals surface area contributed by atoms with E-state index >= 15 is 0 Å². The molecule has 4 heteroatoms. The molecule has 106 valence electrons. The minimum Gasteiger partial charge on any atom is -0.378 e. The van der Waals surface area contributed by atoms with Crippen molar-refractivity contribution in [2.24, 2.45) is 11.1 Å². The molecule has 1 amide bonds. The first-order chi connectivity index (χ1) is 8.31. The number of ether oxygens (including phenoxy) is 1. The van der Waals surface area contributed by atoms with Crippen LogP contribution < -0.4 is 11.1 Å². The summed E-state index contributed by atoms with van der Waals surface area (Å²) in [5, 5.41) is 3.09. The monoisotopic (exact) mass is 256 g/mol. The quantitative estimate of drug-likeness (QED) is 0.762. The standard InChI is InChI=1S/C14H28N2O2/c1-6-14(7-2)10(9-11(14)18-8-3)16-12(17)13(4,5)15/h10-11H,6-9,15H2,1-5H3,(H,16,17). The summed E-state index contributed by atoms with van der Waals surface area (Å²) in [5.74, 6) is -0.0753. The Labute approximate surface area is 111 Å². The van der Waals surface area contributed by atoms with E-state index in [-0.39, 0.29) is 23.5 Å². The fraction of sp³-hybridized carbons (Fsp3) is 0.929. The number of hydrogen-bond donors (Lipinski definition) is 2. The van der Waals surface area contributed by atoms with Crippen LogP contribution in [0.5, 0.6) is 0 Å². The molecule has 0 spiro atoms. The van der Waals surface area contributed by atoms with Crippen LogP contribution in [0.4, 0.5) is 0 Å².